The van der Waals surface area contributed by atoms with E-state index in [0.717, 1.165) is 11.1 Å². The van der Waals surface area contributed by atoms with Crippen LogP contribution in [-0.2, 0) is 10.0 Å². The van der Waals surface area contributed by atoms with Crippen molar-refractivity contribution in [2.45, 2.75) is 18.7 Å². The number of ether oxygens (including phenoxy) is 1. The Kier molecular flexibility index (Phi) is 6.46. The van der Waals surface area contributed by atoms with E-state index in [1.54, 1.807) is 26.0 Å². The quantitative estimate of drug-likeness (QED) is 0.422. The summed E-state index contributed by atoms with van der Waals surface area (Å²) in [7, 11) is -3.55. The molecular formula is C23H23NO4S. The monoisotopic (exact) mass is 409 g/mol. The molecule has 0 aliphatic rings. The van der Waals surface area contributed by atoms with Crippen LogP contribution in [0.15, 0.2) is 83.8 Å². The van der Waals surface area contributed by atoms with Crippen LogP contribution < -0.4 is 4.74 Å². The molecule has 5 nitrogen and oxygen atoms in total. The molecule has 0 amide bonds. The molecule has 0 heterocycles. The van der Waals surface area contributed by atoms with Crippen molar-refractivity contribution in [2.75, 3.05) is 13.1 Å². The first-order valence-corrected chi connectivity index (χ1v) is 10.9. The summed E-state index contributed by atoms with van der Waals surface area (Å²) in [6.45, 7) is 4.36. The molecule has 0 saturated carbocycles. The second-order valence-corrected chi connectivity index (χ2v) is 8.33. The van der Waals surface area contributed by atoms with Gasteiger partial charge in [0, 0.05) is 13.1 Å². The Morgan fingerprint density at radius 3 is 1.90 bits per heavy atom. The van der Waals surface area contributed by atoms with Crippen molar-refractivity contribution in [3.8, 4) is 16.9 Å². The molecule has 0 N–H and O–H groups in total. The van der Waals surface area contributed by atoms with Crippen LogP contribution in [0.3, 0.4) is 0 Å². The third-order valence-corrected chi connectivity index (χ3v) is 6.67. The van der Waals surface area contributed by atoms with Crippen LogP contribution in [0.5, 0.6) is 5.75 Å². The molecule has 3 rings (SSSR count). The van der Waals surface area contributed by atoms with Crippen LogP contribution in [0.4, 0.5) is 0 Å². The summed E-state index contributed by atoms with van der Waals surface area (Å²) in [6, 6.07) is 23.0. The minimum atomic E-state index is -3.55. The van der Waals surface area contributed by atoms with E-state index in [1.807, 2.05) is 42.5 Å². The Labute approximate surface area is 171 Å². The van der Waals surface area contributed by atoms with Gasteiger partial charge in [0.05, 0.1) is 10.5 Å². The smallest absolute Gasteiger partial charge is 0.343 e. The summed E-state index contributed by atoms with van der Waals surface area (Å²) in [6.07, 6.45) is 0. The summed E-state index contributed by atoms with van der Waals surface area (Å²) in [4.78, 5) is 12.6. The third kappa shape index (κ3) is 4.72. The average molecular weight is 410 g/mol. The summed E-state index contributed by atoms with van der Waals surface area (Å²) in [5, 5.41) is 0. The molecule has 0 atom stereocenters. The molecule has 0 saturated heterocycles. The number of rotatable bonds is 7. The second kappa shape index (κ2) is 9.03. The number of carbonyl (C=O) groups is 1. The zero-order valence-electron chi connectivity index (χ0n) is 16.4. The van der Waals surface area contributed by atoms with Gasteiger partial charge >= 0.3 is 5.97 Å². The molecule has 3 aromatic rings. The Bertz CT molecular complexity index is 1060. The van der Waals surface area contributed by atoms with E-state index >= 15 is 0 Å². The maximum Gasteiger partial charge on any atom is 0.343 e. The van der Waals surface area contributed by atoms with Gasteiger partial charge in [0.1, 0.15) is 5.75 Å². The van der Waals surface area contributed by atoms with Crippen LogP contribution in [-0.4, -0.2) is 31.8 Å². The van der Waals surface area contributed by atoms with Crippen molar-refractivity contribution in [1.29, 1.82) is 0 Å². The topological polar surface area (TPSA) is 63.7 Å². The summed E-state index contributed by atoms with van der Waals surface area (Å²) >= 11 is 0. The molecule has 0 spiro atoms. The van der Waals surface area contributed by atoms with E-state index in [0.29, 0.717) is 18.8 Å². The first-order valence-electron chi connectivity index (χ1n) is 9.43. The lowest BCUT2D eigenvalue weighted by Crippen LogP contribution is -2.30. The van der Waals surface area contributed by atoms with Gasteiger partial charge in [0.25, 0.3) is 0 Å². The van der Waals surface area contributed by atoms with Crippen molar-refractivity contribution >= 4 is 16.0 Å². The molecule has 0 unspecified atom stereocenters. The first kappa shape index (κ1) is 20.8. The lowest BCUT2D eigenvalue weighted by atomic mass is 10.1. The van der Waals surface area contributed by atoms with Gasteiger partial charge in [-0.25, -0.2) is 13.2 Å². The molecule has 0 bridgehead atoms. The van der Waals surface area contributed by atoms with Crippen molar-refractivity contribution in [3.63, 3.8) is 0 Å². The van der Waals surface area contributed by atoms with Gasteiger partial charge in [-0.3, -0.25) is 0 Å². The van der Waals surface area contributed by atoms with Gasteiger partial charge in [-0.05, 0) is 47.5 Å². The molecule has 3 aromatic carbocycles. The van der Waals surface area contributed by atoms with Gasteiger partial charge < -0.3 is 4.74 Å². The highest BCUT2D eigenvalue weighted by Gasteiger charge is 2.22. The highest BCUT2D eigenvalue weighted by molar-refractivity contribution is 7.89. The molecule has 6 heteroatoms. The number of carbonyl (C=O) groups excluding carboxylic acids is 1. The standard InChI is InChI=1S/C23H23NO4S/c1-3-24(4-2)29(26,27)22-16-12-20(13-17-22)23(25)28-21-14-10-19(11-15-21)18-8-6-5-7-9-18/h5-17H,3-4H2,1-2H3. The van der Waals surface area contributed by atoms with E-state index in [4.69, 9.17) is 4.74 Å². The van der Waals surface area contributed by atoms with Crippen LogP contribution in [0.2, 0.25) is 0 Å². The van der Waals surface area contributed by atoms with E-state index in [-0.39, 0.29) is 10.5 Å². The summed E-state index contributed by atoms with van der Waals surface area (Å²) < 4.78 is 31.8. The normalized spacial score (nSPS) is 11.4. The predicted octanol–water partition coefficient (Wildman–Crippen LogP) is 4.60. The van der Waals surface area contributed by atoms with E-state index in [2.05, 4.69) is 0 Å². The minimum absolute atomic E-state index is 0.157. The summed E-state index contributed by atoms with van der Waals surface area (Å²) in [5.74, 6) is -0.112. The second-order valence-electron chi connectivity index (χ2n) is 6.39. The highest BCUT2D eigenvalue weighted by atomic mass is 32.2. The lowest BCUT2D eigenvalue weighted by Gasteiger charge is -2.18. The van der Waals surface area contributed by atoms with Gasteiger partial charge in [-0.1, -0.05) is 56.3 Å². The molecule has 0 radical (unpaired) electrons. The maximum atomic E-state index is 12.5. The van der Waals surface area contributed by atoms with Crippen LogP contribution in [0.1, 0.15) is 24.2 Å². The Morgan fingerprint density at radius 1 is 0.793 bits per heavy atom. The summed E-state index contributed by atoms with van der Waals surface area (Å²) in [5.41, 5.74) is 2.39. The van der Waals surface area contributed by atoms with Crippen molar-refractivity contribution in [1.82, 2.24) is 4.31 Å². The molecule has 150 valence electrons. The molecule has 29 heavy (non-hydrogen) atoms. The number of nitrogens with zero attached hydrogens (tertiary/aromatic N) is 1. The fourth-order valence-corrected chi connectivity index (χ4v) is 4.45. The van der Waals surface area contributed by atoms with E-state index < -0.39 is 16.0 Å². The van der Waals surface area contributed by atoms with E-state index in [1.165, 1.54) is 28.6 Å². The molecule has 0 aliphatic carbocycles. The van der Waals surface area contributed by atoms with Gasteiger partial charge in [-0.2, -0.15) is 4.31 Å². The number of hydrogen-bond donors (Lipinski definition) is 0. The third-order valence-electron chi connectivity index (χ3n) is 4.61. The number of hydrogen-bond acceptors (Lipinski definition) is 4. The average Bonchev–Trinajstić information content (AvgIpc) is 2.75. The van der Waals surface area contributed by atoms with Crippen molar-refractivity contribution in [3.05, 3.63) is 84.4 Å². The van der Waals surface area contributed by atoms with Crippen molar-refractivity contribution in [2.24, 2.45) is 0 Å². The molecular weight excluding hydrogens is 386 g/mol. The van der Waals surface area contributed by atoms with E-state index in [9.17, 15) is 13.2 Å². The van der Waals surface area contributed by atoms with Crippen LogP contribution in [0.25, 0.3) is 11.1 Å². The number of sulfonamides is 1. The number of esters is 1. The predicted molar refractivity (Wildman–Crippen MR) is 113 cm³/mol. The Morgan fingerprint density at radius 2 is 1.34 bits per heavy atom. The molecule has 0 aromatic heterocycles. The zero-order chi connectivity index (χ0) is 20.9. The van der Waals surface area contributed by atoms with Gasteiger partial charge in [-0.15, -0.1) is 0 Å². The molecule has 0 fully saturated rings. The van der Waals surface area contributed by atoms with Crippen LogP contribution in [0, 0.1) is 0 Å². The van der Waals surface area contributed by atoms with Gasteiger partial charge in [0.15, 0.2) is 0 Å². The Hall–Kier alpha value is -2.96. The Balaban J connectivity index is 1.71. The minimum Gasteiger partial charge on any atom is -0.423 e. The fourth-order valence-electron chi connectivity index (χ4n) is 2.99. The molecule has 0 aliphatic heterocycles. The first-order chi connectivity index (χ1) is 14.0. The number of benzene rings is 3. The fraction of sp³-hybridized carbons (Fsp3) is 0.174. The maximum absolute atomic E-state index is 12.5. The highest BCUT2D eigenvalue weighted by Crippen LogP contribution is 2.23. The largest absolute Gasteiger partial charge is 0.423 e. The zero-order valence-corrected chi connectivity index (χ0v) is 17.2. The SMILES string of the molecule is CCN(CC)S(=O)(=O)c1ccc(C(=O)Oc2ccc(-c3ccccc3)cc2)cc1. The van der Waals surface area contributed by atoms with Crippen LogP contribution >= 0.6 is 0 Å². The van der Waals surface area contributed by atoms with Gasteiger partial charge in [0.2, 0.25) is 10.0 Å². The van der Waals surface area contributed by atoms with Crippen molar-refractivity contribution < 1.29 is 17.9 Å². The lowest BCUT2D eigenvalue weighted by molar-refractivity contribution is 0.0734.